The van der Waals surface area contributed by atoms with E-state index < -0.39 is 198 Å². The van der Waals surface area contributed by atoms with E-state index in [4.69, 9.17) is 5.73 Å². The maximum atomic E-state index is 15.7. The van der Waals surface area contributed by atoms with Gasteiger partial charge < -0.3 is 98.4 Å². The van der Waals surface area contributed by atoms with Gasteiger partial charge in [-0.25, -0.2) is 0 Å². The zero-order valence-electron chi connectivity index (χ0n) is 75.1. The molecule has 0 bridgehead atoms. The van der Waals surface area contributed by atoms with Crippen LogP contribution in [-0.4, -0.2) is 271 Å². The van der Waals surface area contributed by atoms with Gasteiger partial charge in [0.25, 0.3) is 0 Å². The molecule has 36 heteroatoms. The Labute approximate surface area is 765 Å². The lowest BCUT2D eigenvalue weighted by atomic mass is 9.98. The Morgan fingerprint density at radius 2 is 0.969 bits per heavy atom. The maximum absolute atomic E-state index is 15.7. The van der Waals surface area contributed by atoms with Gasteiger partial charge >= 0.3 is 5.97 Å². The van der Waals surface area contributed by atoms with Crippen LogP contribution in [-0.2, 0) is 115 Å². The van der Waals surface area contributed by atoms with Crippen LogP contribution in [0.3, 0.4) is 0 Å². The SMILES string of the molecule is CCCC[C@H]1C(=O)N(C)CC(=O)N[C@@H](CC(=O)O)C(=O)N[C@@H](C(C)C)C(=O)N(C)C(Cc2ccccc2)C(=O)N[C@@H](Cc2ccc(O)cc2)C(=O)N2CCC[C@@H]2C(=O)N[C@@H](Cc2c[nH]c3ccccc23)C(=O)N[C@@H](Cc2ccc(O)cc2)C(=O)N[C@@H](CC(C)C)C(=O)N[C@H](C(=O)NCC(N)=O)CSCC(=O)N[C@@H](Cc2ccccc2)C(=O)N(C)[C@@H](Cc2ccccc2)C(=O)N1C. The number of fused-ring (bicyclic) bond motifs is 2. The van der Waals surface area contributed by atoms with Gasteiger partial charge in [-0.1, -0.05) is 181 Å². The number of hydrogen-bond donors (Lipinski definition) is 14. The molecule has 7 aromatic rings. The van der Waals surface area contributed by atoms with Gasteiger partial charge in [0.05, 0.1) is 25.3 Å². The number of likely N-dealkylation sites (N-methyl/N-ethyl adjacent to an activating group) is 4. The number of amides is 15. The molecule has 2 fully saturated rings. The molecule has 131 heavy (non-hydrogen) atoms. The number of carboxylic acid groups (broad SMARTS) is 1. The highest BCUT2D eigenvalue weighted by molar-refractivity contribution is 8.00. The van der Waals surface area contributed by atoms with E-state index in [-0.39, 0.29) is 93.9 Å². The van der Waals surface area contributed by atoms with Crippen LogP contribution in [0.2, 0.25) is 0 Å². The number of nitrogens with zero attached hydrogens (tertiary/aromatic N) is 5. The number of carbonyl (C=O) groups excluding carboxylic acids is 15. The van der Waals surface area contributed by atoms with Crippen molar-refractivity contribution in [3.63, 3.8) is 0 Å². The maximum Gasteiger partial charge on any atom is 0.305 e. The van der Waals surface area contributed by atoms with Gasteiger partial charge in [-0.15, -0.1) is 11.8 Å². The molecule has 12 atom stereocenters. The molecule has 700 valence electrons. The predicted molar refractivity (Wildman–Crippen MR) is 489 cm³/mol. The minimum Gasteiger partial charge on any atom is -0.508 e. The van der Waals surface area contributed by atoms with Gasteiger partial charge in [0.15, 0.2) is 0 Å². The zero-order valence-corrected chi connectivity index (χ0v) is 75.9. The average Bonchev–Trinajstić information content (AvgIpc) is 1.77. The van der Waals surface area contributed by atoms with Gasteiger partial charge in [-0.3, -0.25) is 76.7 Å². The summed E-state index contributed by atoms with van der Waals surface area (Å²) in [5.74, 6) is -17.1. The van der Waals surface area contributed by atoms with Crippen LogP contribution >= 0.6 is 11.8 Å². The van der Waals surface area contributed by atoms with Gasteiger partial charge in [0.1, 0.15) is 84.0 Å². The number of H-pyrrole nitrogens is 1. The third-order valence-electron chi connectivity index (χ3n) is 23.1. The summed E-state index contributed by atoms with van der Waals surface area (Å²) in [7, 11) is 5.31. The number of unbranched alkanes of at least 4 members (excludes halogenated alkanes) is 1. The molecule has 1 aromatic heterocycles. The van der Waals surface area contributed by atoms with Crippen molar-refractivity contribution in [2.75, 3.05) is 59.3 Å². The molecule has 3 heterocycles. The number of carboxylic acids is 1. The van der Waals surface area contributed by atoms with Crippen molar-refractivity contribution in [2.45, 2.75) is 191 Å². The van der Waals surface area contributed by atoms with Gasteiger partial charge in [0, 0.05) is 96.1 Å². The molecule has 6 aromatic carbocycles. The molecule has 15 amide bonds. The highest BCUT2D eigenvalue weighted by atomic mass is 32.2. The molecule has 1 unspecified atom stereocenters. The lowest BCUT2D eigenvalue weighted by Crippen LogP contribution is -2.62. The summed E-state index contributed by atoms with van der Waals surface area (Å²) in [4.78, 5) is 246. The quantitative estimate of drug-likeness (QED) is 0.0438. The van der Waals surface area contributed by atoms with E-state index in [0.29, 0.717) is 57.1 Å². The summed E-state index contributed by atoms with van der Waals surface area (Å²) in [5, 5.41) is 56.1. The van der Waals surface area contributed by atoms with E-state index in [1.807, 2.05) is 6.92 Å². The van der Waals surface area contributed by atoms with Crippen molar-refractivity contribution >= 4 is 117 Å². The largest absolute Gasteiger partial charge is 0.508 e. The van der Waals surface area contributed by atoms with Crippen molar-refractivity contribution in [1.82, 2.24) is 77.3 Å². The number of para-hydroxylation sites is 1. The van der Waals surface area contributed by atoms with Crippen molar-refractivity contribution < 1.29 is 92.0 Å². The van der Waals surface area contributed by atoms with Crippen molar-refractivity contribution in [2.24, 2.45) is 17.6 Å². The normalized spacial score (nSPS) is 22.7. The first-order chi connectivity index (χ1) is 62.5. The number of aliphatic carboxylic acids is 1. The van der Waals surface area contributed by atoms with Crippen LogP contribution in [0.1, 0.15) is 113 Å². The molecule has 0 radical (unpaired) electrons. The van der Waals surface area contributed by atoms with E-state index >= 15 is 47.9 Å². The minimum atomic E-state index is -1.90. The van der Waals surface area contributed by atoms with Crippen molar-refractivity contribution in [1.29, 1.82) is 0 Å². The van der Waals surface area contributed by atoms with Crippen molar-refractivity contribution in [3.8, 4) is 11.5 Å². The summed E-state index contributed by atoms with van der Waals surface area (Å²) < 4.78 is 0. The molecular formula is C95H120N16O19S. The second-order valence-electron chi connectivity index (χ2n) is 34.0. The van der Waals surface area contributed by atoms with Crippen LogP contribution < -0.4 is 53.6 Å². The Kier molecular flexibility index (Phi) is 37.5. The Balaban J connectivity index is 1.12. The Morgan fingerprint density at radius 1 is 0.489 bits per heavy atom. The summed E-state index contributed by atoms with van der Waals surface area (Å²) in [6.45, 7) is 6.95. The first kappa shape index (κ1) is 101. The van der Waals surface area contributed by atoms with Crippen LogP contribution in [0, 0.1) is 11.8 Å². The first-order valence-electron chi connectivity index (χ1n) is 43.8. The number of aromatic hydroxyl groups is 2. The fourth-order valence-electron chi connectivity index (χ4n) is 15.9. The number of hydrogen-bond acceptors (Lipinski definition) is 19. The highest BCUT2D eigenvalue weighted by Gasteiger charge is 2.45. The van der Waals surface area contributed by atoms with Crippen LogP contribution in [0.25, 0.3) is 10.9 Å². The number of benzene rings is 6. The van der Waals surface area contributed by atoms with Gasteiger partial charge in [0.2, 0.25) is 88.6 Å². The highest BCUT2D eigenvalue weighted by Crippen LogP contribution is 2.27. The van der Waals surface area contributed by atoms with Gasteiger partial charge in [-0.05, 0) is 101 Å². The van der Waals surface area contributed by atoms with Crippen LogP contribution in [0.5, 0.6) is 11.5 Å². The molecule has 9 rings (SSSR count). The molecule has 2 aliphatic rings. The summed E-state index contributed by atoms with van der Waals surface area (Å²) in [6, 6.07) is 26.3. The topological polar surface area (TPSA) is 500 Å². The summed E-state index contributed by atoms with van der Waals surface area (Å²) in [5.41, 5.74) is 9.21. The van der Waals surface area contributed by atoms with E-state index in [0.717, 1.165) is 21.6 Å². The number of phenols is 2. The van der Waals surface area contributed by atoms with E-state index in [2.05, 4.69) is 52.8 Å². The fourth-order valence-corrected chi connectivity index (χ4v) is 16.8. The van der Waals surface area contributed by atoms with E-state index in [1.165, 1.54) is 91.4 Å². The summed E-state index contributed by atoms with van der Waals surface area (Å²) >= 11 is 0.834. The lowest BCUT2D eigenvalue weighted by molar-refractivity contribution is -0.151. The molecular weight excluding hydrogens is 1700 g/mol. The van der Waals surface area contributed by atoms with E-state index in [1.54, 1.807) is 149 Å². The smallest absolute Gasteiger partial charge is 0.305 e. The third-order valence-corrected chi connectivity index (χ3v) is 24.2. The Hall–Kier alpha value is -13.7. The zero-order chi connectivity index (χ0) is 95.3. The molecule has 15 N–H and O–H groups in total. The number of carbonyl (C=O) groups is 16. The van der Waals surface area contributed by atoms with Crippen LogP contribution in [0.4, 0.5) is 0 Å². The lowest BCUT2D eigenvalue weighted by Gasteiger charge is -2.37. The third kappa shape index (κ3) is 29.4. The average molecular weight is 1820 g/mol. The predicted octanol–water partition coefficient (Wildman–Crippen LogP) is 2.86. The monoisotopic (exact) mass is 1820 g/mol. The molecule has 2 aliphatic heterocycles. The Bertz CT molecular complexity index is 5160. The minimum absolute atomic E-state index is 0.0303. The second-order valence-corrected chi connectivity index (χ2v) is 35.0. The number of primary amides is 1. The number of nitrogens with two attached hydrogens (primary N) is 1. The second kappa shape index (κ2) is 48.7. The Morgan fingerprint density at radius 3 is 1.53 bits per heavy atom. The number of aromatic amines is 1. The molecule has 0 spiro atoms. The van der Waals surface area contributed by atoms with Crippen molar-refractivity contribution in [3.05, 3.63) is 203 Å². The molecule has 2 saturated heterocycles. The number of phenolic OH excluding ortho intramolecular Hbond substituents is 2. The number of thioether (sulfide) groups is 1. The van der Waals surface area contributed by atoms with Gasteiger partial charge in [-0.2, -0.15) is 0 Å². The number of nitrogens with one attached hydrogen (secondary N) is 10. The summed E-state index contributed by atoms with van der Waals surface area (Å²) in [6.07, 6.45) is 0.455. The number of rotatable bonds is 23. The fraction of sp³-hybridized carbons (Fsp3) is 0.432. The molecule has 0 saturated carbocycles. The number of aromatic nitrogens is 1. The standard InChI is InChI=1S/C95H120N16O19S/c1-10-11-32-76-93(128)107(6)53-80(115)99-71(50-82(117)118)88(123)106-83(57(4)5)95(130)109(8)77(47-59-26-17-13-18-27-59)90(125)104-73(46-62-36-40-65(113)41-37-62)92(127)111-42-23-33-75(111)89(124)103-70(49-63-51-97-67-31-22-21-30-66(63)67)87(122)102-69(44-61-34-38-64(112)39-35-61)86(121)101-68(43-56(2)3)85(120)105-74(84(119)98-52-79(96)114)54-131-55-81(116)100-72(45-58-24-15-12-16-25-58)91(126)110(9)78(94(129)108(76)7)48-60-28-19-14-20-29-60/h12-22,24-31,34-41,51,56-57,68-78,83,97,112-113H,10-11,23,32-33,42-50,52-55H2,1-9H3,(H2,96,114)(H,98,119)(H,99,115)(H,100,116)(H,101,121)(H,102,122)(H,103,124)(H,104,125)(H,105,120)(H,106,123)(H,117,118)/t68-,69-,70-,71-,72-,73-,74-,75+,76-,77?,78-,83-/m0/s1. The first-order valence-corrected chi connectivity index (χ1v) is 45.0. The van der Waals surface area contributed by atoms with Crippen LogP contribution in [0.15, 0.2) is 170 Å². The van der Waals surface area contributed by atoms with E-state index in [9.17, 15) is 44.1 Å². The molecule has 35 nitrogen and oxygen atoms in total. The molecule has 0 aliphatic carbocycles.